The van der Waals surface area contributed by atoms with Gasteiger partial charge in [0.25, 0.3) is 0 Å². The molecule has 90 valence electrons. The van der Waals surface area contributed by atoms with Gasteiger partial charge in [0, 0.05) is 0 Å². The van der Waals surface area contributed by atoms with E-state index in [0.717, 1.165) is 18.6 Å². The van der Waals surface area contributed by atoms with Crippen LogP contribution in [0.5, 0.6) is 5.75 Å². The SMILES string of the molecule is CCC(C)Oc1ccc([B-](F)(F)F)cc1C. The lowest BCUT2D eigenvalue weighted by Gasteiger charge is -2.19. The zero-order valence-electron chi connectivity index (χ0n) is 9.64. The van der Waals surface area contributed by atoms with Crippen molar-refractivity contribution in [3.63, 3.8) is 0 Å². The van der Waals surface area contributed by atoms with E-state index in [-0.39, 0.29) is 6.10 Å². The third kappa shape index (κ3) is 3.19. The Labute approximate surface area is 93.7 Å². The molecule has 0 aromatic heterocycles. The van der Waals surface area contributed by atoms with Crippen molar-refractivity contribution in [3.05, 3.63) is 23.8 Å². The van der Waals surface area contributed by atoms with Gasteiger partial charge in [-0.25, -0.2) is 0 Å². The molecule has 0 saturated heterocycles. The van der Waals surface area contributed by atoms with Gasteiger partial charge in [0.1, 0.15) is 5.75 Å². The Morgan fingerprint density at radius 2 is 1.94 bits per heavy atom. The molecule has 0 aliphatic rings. The number of rotatable bonds is 4. The van der Waals surface area contributed by atoms with Crippen LogP contribution in [-0.4, -0.2) is 13.1 Å². The Bertz CT molecular complexity index is 363. The van der Waals surface area contributed by atoms with Crippen molar-refractivity contribution < 1.29 is 17.7 Å². The van der Waals surface area contributed by atoms with Gasteiger partial charge in [-0.2, -0.15) is 0 Å². The van der Waals surface area contributed by atoms with Crippen molar-refractivity contribution in [1.29, 1.82) is 0 Å². The lowest BCUT2D eigenvalue weighted by Crippen LogP contribution is -2.34. The maximum atomic E-state index is 12.4. The first-order chi connectivity index (χ1) is 7.34. The first kappa shape index (κ1) is 12.9. The van der Waals surface area contributed by atoms with Gasteiger partial charge in [0.2, 0.25) is 0 Å². The minimum Gasteiger partial charge on any atom is -0.490 e. The van der Waals surface area contributed by atoms with Crippen molar-refractivity contribution >= 4 is 12.4 Å². The Kier molecular flexibility index (Phi) is 3.89. The highest BCUT2D eigenvalue weighted by atomic mass is 19.4. The van der Waals surface area contributed by atoms with Crippen molar-refractivity contribution in [2.45, 2.75) is 33.3 Å². The fraction of sp³-hybridized carbons (Fsp3) is 0.455. The Morgan fingerprint density at radius 1 is 1.31 bits per heavy atom. The molecule has 1 unspecified atom stereocenters. The second-order valence-electron chi connectivity index (χ2n) is 3.94. The molecule has 0 amide bonds. The maximum Gasteiger partial charge on any atom is 0.509 e. The molecule has 0 N–H and O–H groups in total. The van der Waals surface area contributed by atoms with Crippen molar-refractivity contribution in [1.82, 2.24) is 0 Å². The van der Waals surface area contributed by atoms with E-state index >= 15 is 0 Å². The Balaban J connectivity index is 2.92. The number of hydrogen-bond donors (Lipinski definition) is 0. The summed E-state index contributed by atoms with van der Waals surface area (Å²) in [7, 11) is 0. The van der Waals surface area contributed by atoms with Gasteiger partial charge in [-0.15, -0.1) is 5.46 Å². The lowest BCUT2D eigenvalue weighted by atomic mass is 9.79. The van der Waals surface area contributed by atoms with E-state index in [1.165, 1.54) is 6.07 Å². The largest absolute Gasteiger partial charge is 0.509 e. The number of halogens is 3. The van der Waals surface area contributed by atoms with Crippen LogP contribution in [0.4, 0.5) is 12.9 Å². The minimum absolute atomic E-state index is 0.0148. The molecule has 0 radical (unpaired) electrons. The number of benzene rings is 1. The molecule has 0 saturated carbocycles. The summed E-state index contributed by atoms with van der Waals surface area (Å²) >= 11 is 0. The number of hydrogen-bond acceptors (Lipinski definition) is 1. The van der Waals surface area contributed by atoms with Gasteiger partial charge in [0.05, 0.1) is 6.10 Å². The molecule has 1 aromatic rings. The summed E-state index contributed by atoms with van der Waals surface area (Å²) in [6, 6.07) is 3.61. The van der Waals surface area contributed by atoms with Crippen LogP contribution in [0.3, 0.4) is 0 Å². The van der Waals surface area contributed by atoms with E-state index in [4.69, 9.17) is 4.74 Å². The number of ether oxygens (including phenoxy) is 1. The second kappa shape index (κ2) is 4.81. The van der Waals surface area contributed by atoms with Crippen molar-refractivity contribution in [2.24, 2.45) is 0 Å². The molecule has 0 heterocycles. The quantitative estimate of drug-likeness (QED) is 0.723. The molecule has 1 atom stereocenters. The van der Waals surface area contributed by atoms with Gasteiger partial charge < -0.3 is 17.7 Å². The van der Waals surface area contributed by atoms with Gasteiger partial charge in [-0.1, -0.05) is 19.1 Å². The topological polar surface area (TPSA) is 9.23 Å². The molecule has 0 bridgehead atoms. The highest BCUT2D eigenvalue weighted by molar-refractivity contribution is 6.73. The Hall–Kier alpha value is -1.13. The van der Waals surface area contributed by atoms with E-state index in [2.05, 4.69) is 0 Å². The summed E-state index contributed by atoms with van der Waals surface area (Å²) in [6.07, 6.45) is 0.839. The number of aryl methyl sites for hydroxylation is 1. The highest BCUT2D eigenvalue weighted by Gasteiger charge is 2.25. The summed E-state index contributed by atoms with van der Waals surface area (Å²) in [5.74, 6) is 0.526. The maximum absolute atomic E-state index is 12.4. The third-order valence-corrected chi connectivity index (χ3v) is 2.48. The van der Waals surface area contributed by atoms with Gasteiger partial charge in [0.15, 0.2) is 0 Å². The standard InChI is InChI=1S/C11H15BF3O/c1-4-9(3)16-11-6-5-10(7-8(11)2)12(13,14)15/h5-7,9H,4H2,1-3H3/q-1. The van der Waals surface area contributed by atoms with Gasteiger partial charge in [-0.05, 0) is 31.9 Å². The molecule has 1 aromatic carbocycles. The fourth-order valence-electron chi connectivity index (χ4n) is 1.31. The lowest BCUT2D eigenvalue weighted by molar-refractivity contribution is 0.216. The molecule has 0 spiro atoms. The van der Waals surface area contributed by atoms with Crippen LogP contribution in [-0.2, 0) is 0 Å². The molecule has 0 fully saturated rings. The molecule has 0 aliphatic carbocycles. The zero-order chi connectivity index (χ0) is 12.3. The second-order valence-corrected chi connectivity index (χ2v) is 3.94. The van der Waals surface area contributed by atoms with Gasteiger partial charge >= 0.3 is 6.98 Å². The third-order valence-electron chi connectivity index (χ3n) is 2.48. The van der Waals surface area contributed by atoms with E-state index in [1.54, 1.807) is 6.92 Å². The monoisotopic (exact) mass is 231 g/mol. The first-order valence-corrected chi connectivity index (χ1v) is 5.31. The van der Waals surface area contributed by atoms with E-state index < -0.39 is 12.4 Å². The minimum atomic E-state index is -4.92. The summed E-state index contributed by atoms with van der Waals surface area (Å²) in [5.41, 5.74) is -0.0500. The molecule has 16 heavy (non-hydrogen) atoms. The van der Waals surface area contributed by atoms with E-state index in [0.29, 0.717) is 11.3 Å². The smallest absolute Gasteiger partial charge is 0.490 e. The summed E-state index contributed by atoms with van der Waals surface area (Å²) in [4.78, 5) is 0. The normalized spacial score (nSPS) is 13.6. The predicted molar refractivity (Wildman–Crippen MR) is 60.3 cm³/mol. The average Bonchev–Trinajstić information content (AvgIpc) is 2.19. The van der Waals surface area contributed by atoms with Crippen LogP contribution in [0.15, 0.2) is 18.2 Å². The van der Waals surface area contributed by atoms with Crippen LogP contribution in [0.2, 0.25) is 0 Å². The summed E-state index contributed by atoms with van der Waals surface area (Å²) < 4.78 is 42.9. The molecular formula is C11H15BF3O-. The molecule has 0 aliphatic heterocycles. The van der Waals surface area contributed by atoms with Crippen LogP contribution in [0.25, 0.3) is 0 Å². The Morgan fingerprint density at radius 3 is 2.38 bits per heavy atom. The van der Waals surface area contributed by atoms with Crippen molar-refractivity contribution in [2.75, 3.05) is 0 Å². The predicted octanol–water partition coefficient (Wildman–Crippen LogP) is 3.23. The van der Waals surface area contributed by atoms with Crippen LogP contribution < -0.4 is 10.2 Å². The van der Waals surface area contributed by atoms with Crippen molar-refractivity contribution in [3.8, 4) is 5.75 Å². The highest BCUT2D eigenvalue weighted by Crippen LogP contribution is 2.20. The average molecular weight is 231 g/mol. The molecule has 5 heteroatoms. The first-order valence-electron chi connectivity index (χ1n) is 5.31. The van der Waals surface area contributed by atoms with Crippen LogP contribution in [0.1, 0.15) is 25.8 Å². The summed E-state index contributed by atoms with van der Waals surface area (Å²) in [6.45, 7) is 0.562. The summed E-state index contributed by atoms with van der Waals surface area (Å²) in [5, 5.41) is 0. The van der Waals surface area contributed by atoms with Gasteiger partial charge in [-0.3, -0.25) is 0 Å². The molecular weight excluding hydrogens is 216 g/mol. The van der Waals surface area contributed by atoms with E-state index in [1.807, 2.05) is 13.8 Å². The molecule has 1 nitrogen and oxygen atoms in total. The fourth-order valence-corrected chi connectivity index (χ4v) is 1.31. The molecule has 1 rings (SSSR count). The van der Waals surface area contributed by atoms with Crippen LogP contribution in [0, 0.1) is 6.92 Å². The zero-order valence-corrected chi connectivity index (χ0v) is 9.64. The van der Waals surface area contributed by atoms with E-state index in [9.17, 15) is 12.9 Å². The van der Waals surface area contributed by atoms with Crippen LogP contribution >= 0.6 is 0 Å².